The lowest BCUT2D eigenvalue weighted by atomic mass is 9.91. The highest BCUT2D eigenvalue weighted by Crippen LogP contribution is 2.39. The fourth-order valence-electron chi connectivity index (χ4n) is 6.36. The van der Waals surface area contributed by atoms with E-state index in [9.17, 15) is 23.1 Å². The molecule has 0 spiro atoms. The van der Waals surface area contributed by atoms with Gasteiger partial charge >= 0.3 is 12.1 Å². The van der Waals surface area contributed by atoms with Crippen molar-refractivity contribution in [3.8, 4) is 28.6 Å². The number of ether oxygens (including phenoxy) is 3. The number of rotatable bonds is 10. The van der Waals surface area contributed by atoms with Gasteiger partial charge in [0.25, 0.3) is 0 Å². The van der Waals surface area contributed by atoms with E-state index >= 15 is 4.39 Å². The summed E-state index contributed by atoms with van der Waals surface area (Å²) in [6.07, 6.45) is 3.69. The maximum absolute atomic E-state index is 15.6. The van der Waals surface area contributed by atoms with Crippen molar-refractivity contribution in [1.82, 2.24) is 25.4 Å². The Morgan fingerprint density at radius 3 is 2.53 bits per heavy atom. The number of carbonyl (C=O) groups excluding carboxylic acids is 1. The van der Waals surface area contributed by atoms with Crippen LogP contribution in [0.5, 0.6) is 17.4 Å². The molecule has 1 saturated carbocycles. The Morgan fingerprint density at radius 2 is 1.80 bits per heavy atom. The van der Waals surface area contributed by atoms with Crippen LogP contribution in [0.1, 0.15) is 49.7 Å². The number of anilines is 1. The highest BCUT2D eigenvalue weighted by atomic mass is 19.4. The Bertz CT molecular complexity index is 1650. The van der Waals surface area contributed by atoms with E-state index in [4.69, 9.17) is 15.2 Å². The number of nitrogens with two attached hydrogens (primary N) is 1. The fourth-order valence-corrected chi connectivity index (χ4v) is 6.36. The number of hydrogen-bond donors (Lipinski definition) is 3. The molecular formula is C34H38F4N6O5. The molecular weight excluding hydrogens is 648 g/mol. The molecule has 0 amide bonds. The number of carbonyl (C=O) groups is 1. The van der Waals surface area contributed by atoms with Gasteiger partial charge in [-0.05, 0) is 80.6 Å². The van der Waals surface area contributed by atoms with Gasteiger partial charge in [-0.2, -0.15) is 13.2 Å². The fraction of sp³-hybridized carbons (Fsp3) is 0.471. The monoisotopic (exact) mass is 686 g/mol. The smallest absolute Gasteiger partial charge is 0.491 e. The molecule has 49 heavy (non-hydrogen) atoms. The number of phenols is 1. The van der Waals surface area contributed by atoms with Crippen LogP contribution in [0, 0.1) is 5.92 Å². The van der Waals surface area contributed by atoms with Gasteiger partial charge in [0.15, 0.2) is 5.82 Å². The minimum atomic E-state index is -5.29. The van der Waals surface area contributed by atoms with Crippen molar-refractivity contribution in [2.75, 3.05) is 38.5 Å². The zero-order chi connectivity index (χ0) is 34.5. The number of halogens is 4. The molecule has 0 bridgehead atoms. The summed E-state index contributed by atoms with van der Waals surface area (Å²) in [5.74, 6) is -3.80. The maximum Gasteiger partial charge on any atom is 0.491 e. The number of benzene rings is 1. The van der Waals surface area contributed by atoms with Crippen molar-refractivity contribution in [1.29, 1.82) is 0 Å². The van der Waals surface area contributed by atoms with Crippen molar-refractivity contribution < 1.29 is 41.7 Å². The number of nitrogens with zero attached hydrogens (tertiary/aromatic N) is 4. The Labute approximate surface area is 280 Å². The van der Waals surface area contributed by atoms with Crippen LogP contribution in [0.4, 0.5) is 23.4 Å². The molecule has 4 heterocycles. The summed E-state index contributed by atoms with van der Waals surface area (Å²) in [6, 6.07) is 7.54. The van der Waals surface area contributed by atoms with Crippen molar-refractivity contribution in [2.45, 2.75) is 63.0 Å². The van der Waals surface area contributed by atoms with Gasteiger partial charge in [-0.3, -0.25) is 0 Å². The van der Waals surface area contributed by atoms with Crippen LogP contribution in [-0.2, 0) is 9.53 Å². The molecule has 3 aromatic rings. The minimum Gasteiger partial charge on any atom is -0.507 e. The third-order valence-electron chi connectivity index (χ3n) is 9.06. The largest absolute Gasteiger partial charge is 0.507 e. The van der Waals surface area contributed by atoms with Crippen LogP contribution >= 0.6 is 0 Å². The van der Waals surface area contributed by atoms with Gasteiger partial charge in [0.2, 0.25) is 5.88 Å². The predicted octanol–water partition coefficient (Wildman–Crippen LogP) is 5.15. The highest BCUT2D eigenvalue weighted by Gasteiger charge is 2.42. The van der Waals surface area contributed by atoms with E-state index in [1.807, 2.05) is 0 Å². The molecule has 3 fully saturated rings. The summed E-state index contributed by atoms with van der Waals surface area (Å²) in [6.45, 7) is 5.55. The average molecular weight is 687 g/mol. The summed E-state index contributed by atoms with van der Waals surface area (Å²) >= 11 is 0. The number of hydrogen-bond acceptors (Lipinski definition) is 11. The van der Waals surface area contributed by atoms with Gasteiger partial charge in [0, 0.05) is 44.7 Å². The average Bonchev–Trinajstić information content (AvgIpc) is 3.05. The van der Waals surface area contributed by atoms with Gasteiger partial charge in [-0.1, -0.05) is 6.07 Å². The zero-order valence-corrected chi connectivity index (χ0v) is 26.7. The lowest BCUT2D eigenvalue weighted by Crippen LogP contribution is -2.45. The normalized spacial score (nSPS) is 21.3. The van der Waals surface area contributed by atoms with Gasteiger partial charge in [0.1, 0.15) is 29.1 Å². The molecule has 4 N–H and O–H groups in total. The first-order valence-corrected chi connectivity index (χ1v) is 16.3. The standard InChI is InChI=1S/C34H38F4N6O5/c35-26(25-18-27(42-43-32(25)39)31-28(45)2-1-3-29(31)49-33(46)34(36,37)38)14-21-6-11-41-30(15-21)48-24-16-23(17-24)47-22-7-12-44(13-8-22)19-20-4-9-40-10-5-20/h1-3,6,11,14-15,18,20,22-24,40,45H,4-5,7-10,12-13,16-17,19H2,(H2,39,43)/b26-14-. The van der Waals surface area contributed by atoms with E-state index in [1.54, 1.807) is 12.1 Å². The van der Waals surface area contributed by atoms with E-state index in [2.05, 4.69) is 30.1 Å². The summed E-state index contributed by atoms with van der Waals surface area (Å²) in [4.78, 5) is 18.3. The molecule has 11 nitrogen and oxygen atoms in total. The Hall–Kier alpha value is -4.34. The number of aromatic hydroxyl groups is 1. The molecule has 3 aliphatic rings. The van der Waals surface area contributed by atoms with Gasteiger partial charge in [-0.15, -0.1) is 10.2 Å². The van der Waals surface area contributed by atoms with Crippen molar-refractivity contribution in [3.63, 3.8) is 0 Å². The molecule has 2 aliphatic heterocycles. The van der Waals surface area contributed by atoms with Crippen molar-refractivity contribution in [3.05, 3.63) is 53.7 Å². The Balaban J connectivity index is 1.04. The number of phenolic OH excluding ortho intramolecular Hbond substituents is 1. The van der Waals surface area contributed by atoms with E-state index in [-0.39, 0.29) is 35.4 Å². The number of nitrogen functional groups attached to an aromatic ring is 1. The third-order valence-corrected chi connectivity index (χ3v) is 9.06. The number of nitrogens with one attached hydrogen (secondary N) is 1. The minimum absolute atomic E-state index is 0.0802. The molecule has 15 heteroatoms. The van der Waals surface area contributed by atoms with Crippen LogP contribution in [-0.4, -0.2) is 88.4 Å². The summed E-state index contributed by atoms with van der Waals surface area (Å²) in [5.41, 5.74) is 5.34. The molecule has 0 unspecified atom stereocenters. The zero-order valence-electron chi connectivity index (χ0n) is 26.7. The van der Waals surface area contributed by atoms with Gasteiger partial charge in [0.05, 0.1) is 23.3 Å². The first-order chi connectivity index (χ1) is 23.5. The second-order valence-corrected chi connectivity index (χ2v) is 12.6. The summed E-state index contributed by atoms with van der Waals surface area (Å²) in [7, 11) is 0. The SMILES string of the molecule is Nc1nnc(-c2c(O)cccc2OC(=O)C(F)(F)F)cc1/C(F)=C/c1ccnc(OC2CC(OC3CCN(CC4CCNCC4)CC3)C2)c1. The predicted molar refractivity (Wildman–Crippen MR) is 172 cm³/mol. The highest BCUT2D eigenvalue weighted by molar-refractivity contribution is 5.86. The maximum atomic E-state index is 15.6. The number of alkyl halides is 3. The molecule has 2 aromatic heterocycles. The van der Waals surface area contributed by atoms with Crippen LogP contribution in [0.25, 0.3) is 23.2 Å². The second kappa shape index (κ2) is 15.0. The van der Waals surface area contributed by atoms with Crippen molar-refractivity contribution in [2.24, 2.45) is 5.92 Å². The van der Waals surface area contributed by atoms with Crippen molar-refractivity contribution >= 4 is 23.7 Å². The van der Waals surface area contributed by atoms with Gasteiger partial charge < -0.3 is 35.3 Å². The van der Waals surface area contributed by atoms with Crippen LogP contribution < -0.4 is 20.5 Å². The third kappa shape index (κ3) is 8.83. The van der Waals surface area contributed by atoms with Crippen LogP contribution in [0.2, 0.25) is 0 Å². The summed E-state index contributed by atoms with van der Waals surface area (Å²) in [5, 5.41) is 21.3. The van der Waals surface area contributed by atoms with E-state index < -0.39 is 35.0 Å². The lowest BCUT2D eigenvalue weighted by Gasteiger charge is -2.40. The number of likely N-dealkylation sites (tertiary alicyclic amines) is 1. The second-order valence-electron chi connectivity index (χ2n) is 12.6. The molecule has 0 radical (unpaired) electrons. The molecule has 262 valence electrons. The quantitative estimate of drug-likeness (QED) is 0.148. The first-order valence-electron chi connectivity index (χ1n) is 16.3. The number of esters is 1. The number of pyridine rings is 1. The Kier molecular flexibility index (Phi) is 10.6. The molecule has 1 aliphatic carbocycles. The number of aromatic nitrogens is 3. The van der Waals surface area contributed by atoms with Gasteiger partial charge in [-0.25, -0.2) is 14.2 Å². The molecule has 1 aromatic carbocycles. The molecule has 2 saturated heterocycles. The molecule has 6 rings (SSSR count). The first kappa shape index (κ1) is 34.5. The lowest BCUT2D eigenvalue weighted by molar-refractivity contribution is -0.189. The molecule has 0 atom stereocenters. The van der Waals surface area contributed by atoms with E-state index in [1.165, 1.54) is 31.6 Å². The van der Waals surface area contributed by atoms with E-state index in [0.717, 1.165) is 82.1 Å². The summed E-state index contributed by atoms with van der Waals surface area (Å²) < 4.78 is 70.9. The van der Waals surface area contributed by atoms with Crippen LogP contribution in [0.15, 0.2) is 42.6 Å². The van der Waals surface area contributed by atoms with E-state index in [0.29, 0.717) is 11.4 Å². The number of piperidine rings is 2. The Morgan fingerprint density at radius 1 is 1.04 bits per heavy atom. The topological polar surface area (TPSA) is 145 Å². The van der Waals surface area contributed by atoms with Crippen LogP contribution in [0.3, 0.4) is 0 Å².